The van der Waals surface area contributed by atoms with Crippen LogP contribution < -0.4 is 10.1 Å². The van der Waals surface area contributed by atoms with E-state index in [0.717, 1.165) is 15.6 Å². The summed E-state index contributed by atoms with van der Waals surface area (Å²) in [5.41, 5.74) is 0.400. The largest absolute Gasteiger partial charge is 0.496 e. The molecule has 0 aliphatic heterocycles. The molecule has 0 saturated carbocycles. The summed E-state index contributed by atoms with van der Waals surface area (Å²) in [4.78, 5) is 13.5. The number of anilines is 1. The van der Waals surface area contributed by atoms with Gasteiger partial charge in [-0.2, -0.15) is 0 Å². The van der Waals surface area contributed by atoms with Gasteiger partial charge in [-0.05, 0) is 34.4 Å². The number of benzene rings is 2. The lowest BCUT2D eigenvalue weighted by Crippen LogP contribution is -2.13. The van der Waals surface area contributed by atoms with E-state index in [4.69, 9.17) is 9.15 Å². The van der Waals surface area contributed by atoms with E-state index < -0.39 is 0 Å². The van der Waals surface area contributed by atoms with Crippen LogP contribution in [0.25, 0.3) is 21.5 Å². The van der Waals surface area contributed by atoms with Gasteiger partial charge in [0.2, 0.25) is 0 Å². The van der Waals surface area contributed by atoms with Crippen molar-refractivity contribution in [3.8, 4) is 16.5 Å². The van der Waals surface area contributed by atoms with Crippen LogP contribution in [0.15, 0.2) is 58.3 Å². The standard InChI is InChI=1S/C18H13N3O3S/c1-23-14-10-12-6-3-2-5-11(12)9-13(14)16(22)19-18-21-20-17(24-18)15-7-4-8-25-15/h2-10H,1H3,(H,19,21,22). The third-order valence-corrected chi connectivity index (χ3v) is 4.55. The Morgan fingerprint density at radius 3 is 2.64 bits per heavy atom. The first-order valence-electron chi connectivity index (χ1n) is 7.50. The van der Waals surface area contributed by atoms with E-state index in [9.17, 15) is 4.79 Å². The minimum Gasteiger partial charge on any atom is -0.496 e. The SMILES string of the molecule is COc1cc2ccccc2cc1C(=O)Nc1nnc(-c2cccs2)o1. The number of fused-ring (bicyclic) bond motifs is 1. The molecule has 1 N–H and O–H groups in total. The molecule has 0 fully saturated rings. The fourth-order valence-corrected chi connectivity index (χ4v) is 3.15. The van der Waals surface area contributed by atoms with Crippen molar-refractivity contribution in [2.24, 2.45) is 0 Å². The van der Waals surface area contributed by atoms with Gasteiger partial charge in [0.1, 0.15) is 5.75 Å². The Kier molecular flexibility index (Phi) is 3.91. The molecular weight excluding hydrogens is 338 g/mol. The molecule has 2 aromatic heterocycles. The zero-order valence-corrected chi connectivity index (χ0v) is 14.0. The van der Waals surface area contributed by atoms with Crippen LogP contribution in [0.1, 0.15) is 10.4 Å². The summed E-state index contributed by atoms with van der Waals surface area (Å²) in [6.07, 6.45) is 0. The molecule has 0 radical (unpaired) electrons. The molecule has 4 rings (SSSR count). The van der Waals surface area contributed by atoms with Crippen molar-refractivity contribution in [3.63, 3.8) is 0 Å². The summed E-state index contributed by atoms with van der Waals surface area (Å²) < 4.78 is 10.8. The molecule has 25 heavy (non-hydrogen) atoms. The first-order chi connectivity index (χ1) is 12.2. The molecule has 1 amide bonds. The number of ether oxygens (including phenoxy) is 1. The highest BCUT2D eigenvalue weighted by Gasteiger charge is 2.17. The van der Waals surface area contributed by atoms with Gasteiger partial charge in [0.05, 0.1) is 17.6 Å². The van der Waals surface area contributed by atoms with Crippen molar-refractivity contribution in [1.29, 1.82) is 0 Å². The fourth-order valence-electron chi connectivity index (χ4n) is 2.50. The molecule has 4 aromatic rings. The molecule has 124 valence electrons. The fraction of sp³-hybridized carbons (Fsp3) is 0.0556. The Morgan fingerprint density at radius 2 is 1.92 bits per heavy atom. The predicted octanol–water partition coefficient (Wildman–Crippen LogP) is 4.21. The van der Waals surface area contributed by atoms with Crippen molar-refractivity contribution in [2.75, 3.05) is 12.4 Å². The van der Waals surface area contributed by atoms with Crippen LogP contribution in [0.2, 0.25) is 0 Å². The van der Waals surface area contributed by atoms with Crippen LogP contribution in [0.4, 0.5) is 6.01 Å². The van der Waals surface area contributed by atoms with E-state index in [1.165, 1.54) is 18.4 Å². The zero-order chi connectivity index (χ0) is 17.2. The smallest absolute Gasteiger partial charge is 0.322 e. The van der Waals surface area contributed by atoms with Crippen molar-refractivity contribution < 1.29 is 13.9 Å². The Bertz CT molecular complexity index is 1040. The highest BCUT2D eigenvalue weighted by atomic mass is 32.1. The topological polar surface area (TPSA) is 77.2 Å². The second-order valence-electron chi connectivity index (χ2n) is 5.24. The summed E-state index contributed by atoms with van der Waals surface area (Å²) in [7, 11) is 1.53. The van der Waals surface area contributed by atoms with Crippen molar-refractivity contribution in [1.82, 2.24) is 10.2 Å². The molecule has 0 spiro atoms. The van der Waals surface area contributed by atoms with Crippen LogP contribution in [0.5, 0.6) is 5.75 Å². The van der Waals surface area contributed by atoms with E-state index in [2.05, 4.69) is 15.5 Å². The number of thiophene rings is 1. The van der Waals surface area contributed by atoms with Gasteiger partial charge < -0.3 is 9.15 Å². The maximum Gasteiger partial charge on any atom is 0.322 e. The number of rotatable bonds is 4. The van der Waals surface area contributed by atoms with Crippen LogP contribution in [-0.2, 0) is 0 Å². The molecule has 0 atom stereocenters. The monoisotopic (exact) mass is 351 g/mol. The van der Waals surface area contributed by atoms with Gasteiger partial charge in [-0.3, -0.25) is 10.1 Å². The van der Waals surface area contributed by atoms with Gasteiger partial charge in [-0.25, -0.2) is 0 Å². The van der Waals surface area contributed by atoms with Crippen LogP contribution in [0.3, 0.4) is 0 Å². The summed E-state index contributed by atoms with van der Waals surface area (Å²) in [6.45, 7) is 0. The van der Waals surface area contributed by atoms with Gasteiger partial charge >= 0.3 is 6.01 Å². The van der Waals surface area contributed by atoms with Gasteiger partial charge in [-0.1, -0.05) is 35.4 Å². The van der Waals surface area contributed by atoms with Gasteiger partial charge in [0.15, 0.2) is 0 Å². The van der Waals surface area contributed by atoms with E-state index >= 15 is 0 Å². The Labute approximate surface area is 147 Å². The number of hydrogen-bond acceptors (Lipinski definition) is 6. The van der Waals surface area contributed by atoms with Crippen LogP contribution >= 0.6 is 11.3 Å². The number of nitrogens with one attached hydrogen (secondary N) is 1. The quantitative estimate of drug-likeness (QED) is 0.596. The maximum absolute atomic E-state index is 12.6. The molecule has 0 aliphatic carbocycles. The van der Waals surface area contributed by atoms with E-state index in [0.29, 0.717) is 17.2 Å². The Morgan fingerprint density at radius 1 is 1.12 bits per heavy atom. The average Bonchev–Trinajstić information content (AvgIpc) is 3.32. The lowest BCUT2D eigenvalue weighted by atomic mass is 10.1. The van der Waals surface area contributed by atoms with E-state index in [1.807, 2.05) is 47.8 Å². The van der Waals surface area contributed by atoms with Crippen LogP contribution in [0, 0.1) is 0 Å². The zero-order valence-electron chi connectivity index (χ0n) is 13.2. The highest BCUT2D eigenvalue weighted by Crippen LogP contribution is 2.28. The van der Waals surface area contributed by atoms with Crippen molar-refractivity contribution >= 4 is 34.0 Å². The van der Waals surface area contributed by atoms with E-state index in [-0.39, 0.29) is 11.9 Å². The number of aromatic nitrogens is 2. The van der Waals surface area contributed by atoms with Gasteiger partial charge in [0.25, 0.3) is 11.8 Å². The third-order valence-electron chi connectivity index (χ3n) is 3.69. The molecule has 7 heteroatoms. The minimum absolute atomic E-state index is 0.0450. The summed E-state index contributed by atoms with van der Waals surface area (Å²) in [5.74, 6) is 0.481. The summed E-state index contributed by atoms with van der Waals surface area (Å²) in [6, 6.07) is 15.2. The molecule has 2 heterocycles. The minimum atomic E-state index is -0.371. The number of nitrogens with zero attached hydrogens (tertiary/aromatic N) is 2. The second kappa shape index (κ2) is 6.37. The van der Waals surface area contributed by atoms with Gasteiger partial charge in [0, 0.05) is 0 Å². The van der Waals surface area contributed by atoms with Crippen LogP contribution in [-0.4, -0.2) is 23.2 Å². The van der Waals surface area contributed by atoms with Crippen molar-refractivity contribution in [2.45, 2.75) is 0 Å². The molecule has 2 aromatic carbocycles. The first-order valence-corrected chi connectivity index (χ1v) is 8.38. The lowest BCUT2D eigenvalue weighted by Gasteiger charge is -2.09. The number of methoxy groups -OCH3 is 1. The first kappa shape index (κ1) is 15.3. The maximum atomic E-state index is 12.6. The molecule has 0 unspecified atom stereocenters. The van der Waals surface area contributed by atoms with Gasteiger partial charge in [-0.15, -0.1) is 16.4 Å². The van der Waals surface area contributed by atoms with Crippen molar-refractivity contribution in [3.05, 3.63) is 59.5 Å². The summed E-state index contributed by atoms with van der Waals surface area (Å²) in [5, 5.41) is 14.3. The second-order valence-corrected chi connectivity index (χ2v) is 6.19. The molecule has 0 saturated heterocycles. The molecule has 0 aliphatic rings. The molecular formula is C18H13N3O3S. The molecule has 0 bridgehead atoms. The third kappa shape index (κ3) is 2.97. The Balaban J connectivity index is 1.63. The number of amides is 1. The average molecular weight is 351 g/mol. The molecule has 6 nitrogen and oxygen atoms in total. The van der Waals surface area contributed by atoms with E-state index in [1.54, 1.807) is 6.07 Å². The predicted molar refractivity (Wildman–Crippen MR) is 96.1 cm³/mol. The number of carbonyl (C=O) groups is 1. The number of hydrogen-bond donors (Lipinski definition) is 1. The summed E-state index contributed by atoms with van der Waals surface area (Å²) >= 11 is 1.48. The normalized spacial score (nSPS) is 10.8. The Hall–Kier alpha value is -3.19. The highest BCUT2D eigenvalue weighted by molar-refractivity contribution is 7.13. The number of carbonyl (C=O) groups excluding carboxylic acids is 1. The lowest BCUT2D eigenvalue weighted by molar-refractivity contribution is 0.102.